The van der Waals surface area contributed by atoms with E-state index in [1.54, 1.807) is 0 Å². The molecule has 1 aliphatic carbocycles. The fraction of sp³-hybridized carbons (Fsp3) is 0.615. The van der Waals surface area contributed by atoms with E-state index < -0.39 is 0 Å². The lowest BCUT2D eigenvalue weighted by Crippen LogP contribution is -2.24. The maximum absolute atomic E-state index is 5.61. The number of pyridine rings is 1. The monoisotopic (exact) mass is 217 g/mol. The Balaban J connectivity index is 1.75. The molecule has 1 aliphatic heterocycles. The summed E-state index contributed by atoms with van der Waals surface area (Å²) in [5, 5.41) is 0. The van der Waals surface area contributed by atoms with Crippen LogP contribution in [0.15, 0.2) is 18.3 Å². The van der Waals surface area contributed by atoms with Crippen molar-refractivity contribution in [3.05, 3.63) is 18.3 Å². The van der Waals surface area contributed by atoms with Crippen LogP contribution in [0.1, 0.15) is 32.1 Å². The Labute approximate surface area is 96.7 Å². The number of aromatic nitrogens is 1. The summed E-state index contributed by atoms with van der Waals surface area (Å²) < 4.78 is 0. The summed E-state index contributed by atoms with van der Waals surface area (Å²) in [6.45, 7) is 2.41. The molecule has 0 aromatic carbocycles. The van der Waals surface area contributed by atoms with Gasteiger partial charge in [-0.25, -0.2) is 4.98 Å². The third kappa shape index (κ3) is 1.64. The van der Waals surface area contributed by atoms with Crippen LogP contribution >= 0.6 is 0 Å². The fourth-order valence-electron chi connectivity index (χ4n) is 3.27. The molecule has 2 fully saturated rings. The molecule has 16 heavy (non-hydrogen) atoms. The lowest BCUT2D eigenvalue weighted by Gasteiger charge is -2.24. The lowest BCUT2D eigenvalue weighted by atomic mass is 9.86. The second-order valence-corrected chi connectivity index (χ2v) is 5.32. The van der Waals surface area contributed by atoms with Gasteiger partial charge in [-0.3, -0.25) is 0 Å². The minimum absolute atomic E-state index is 0.610. The molecule has 3 heteroatoms. The van der Waals surface area contributed by atoms with Crippen molar-refractivity contribution in [2.24, 2.45) is 5.41 Å². The van der Waals surface area contributed by atoms with Crippen LogP contribution in [0.2, 0.25) is 0 Å². The van der Waals surface area contributed by atoms with Gasteiger partial charge in [0.1, 0.15) is 5.82 Å². The minimum atomic E-state index is 0.610. The van der Waals surface area contributed by atoms with Gasteiger partial charge in [-0.05, 0) is 36.8 Å². The number of nitrogens with two attached hydrogens (primary N) is 1. The summed E-state index contributed by atoms with van der Waals surface area (Å²) in [6.07, 6.45) is 8.96. The number of nitrogen functional groups attached to an aromatic ring is 1. The zero-order valence-electron chi connectivity index (χ0n) is 9.65. The molecule has 0 atom stereocenters. The van der Waals surface area contributed by atoms with Crippen molar-refractivity contribution in [3.8, 4) is 0 Å². The summed E-state index contributed by atoms with van der Waals surface area (Å²) in [4.78, 5) is 6.64. The second-order valence-electron chi connectivity index (χ2n) is 5.32. The van der Waals surface area contributed by atoms with Crippen LogP contribution < -0.4 is 10.6 Å². The SMILES string of the molecule is Nc1ccc(N2CCC3(CCCC3)C2)cn1. The van der Waals surface area contributed by atoms with Crippen LogP contribution in [0, 0.1) is 5.41 Å². The van der Waals surface area contributed by atoms with E-state index in [1.165, 1.54) is 50.9 Å². The Morgan fingerprint density at radius 1 is 1.19 bits per heavy atom. The molecule has 2 heterocycles. The summed E-state index contributed by atoms with van der Waals surface area (Å²) in [5.41, 5.74) is 7.47. The Kier molecular flexibility index (Phi) is 2.27. The largest absolute Gasteiger partial charge is 0.384 e. The van der Waals surface area contributed by atoms with Gasteiger partial charge in [0, 0.05) is 13.1 Å². The van der Waals surface area contributed by atoms with Gasteiger partial charge >= 0.3 is 0 Å². The van der Waals surface area contributed by atoms with Gasteiger partial charge in [-0.1, -0.05) is 12.8 Å². The highest BCUT2D eigenvalue weighted by atomic mass is 15.2. The molecule has 2 aliphatic rings. The van der Waals surface area contributed by atoms with Gasteiger partial charge in [0.15, 0.2) is 0 Å². The first-order chi connectivity index (χ1) is 7.77. The van der Waals surface area contributed by atoms with Crippen molar-refractivity contribution < 1.29 is 0 Å². The van der Waals surface area contributed by atoms with Gasteiger partial charge in [0.25, 0.3) is 0 Å². The van der Waals surface area contributed by atoms with Gasteiger partial charge in [-0.15, -0.1) is 0 Å². The van der Waals surface area contributed by atoms with Crippen molar-refractivity contribution >= 4 is 11.5 Å². The molecule has 3 nitrogen and oxygen atoms in total. The molecule has 0 unspecified atom stereocenters. The molecule has 1 aromatic heterocycles. The first-order valence-corrected chi connectivity index (χ1v) is 6.24. The first kappa shape index (κ1) is 9.94. The first-order valence-electron chi connectivity index (χ1n) is 6.24. The Bertz CT molecular complexity index is 365. The third-order valence-electron chi connectivity index (χ3n) is 4.24. The number of hydrogen-bond donors (Lipinski definition) is 1. The topological polar surface area (TPSA) is 42.1 Å². The van der Waals surface area contributed by atoms with Gasteiger partial charge in [0.05, 0.1) is 11.9 Å². The summed E-state index contributed by atoms with van der Waals surface area (Å²) in [5.74, 6) is 0.610. The third-order valence-corrected chi connectivity index (χ3v) is 4.24. The molecule has 86 valence electrons. The predicted molar refractivity (Wildman–Crippen MR) is 66.4 cm³/mol. The number of nitrogens with zero attached hydrogens (tertiary/aromatic N) is 2. The summed E-state index contributed by atoms with van der Waals surface area (Å²) in [6, 6.07) is 3.99. The van der Waals surface area contributed by atoms with Crippen LogP contribution in [0.4, 0.5) is 11.5 Å². The number of hydrogen-bond acceptors (Lipinski definition) is 3. The fourth-order valence-corrected chi connectivity index (χ4v) is 3.27. The molecule has 0 amide bonds. The van der Waals surface area contributed by atoms with E-state index in [2.05, 4.69) is 16.0 Å². The van der Waals surface area contributed by atoms with Crippen molar-refractivity contribution in [1.82, 2.24) is 4.98 Å². The maximum Gasteiger partial charge on any atom is 0.123 e. The molecule has 0 radical (unpaired) electrons. The smallest absolute Gasteiger partial charge is 0.123 e. The standard InChI is InChI=1S/C13H19N3/c14-12-4-3-11(9-15-12)16-8-7-13(10-16)5-1-2-6-13/h3-4,9H,1-2,5-8,10H2,(H2,14,15). The number of rotatable bonds is 1. The van der Waals surface area contributed by atoms with Crippen LogP contribution in [-0.2, 0) is 0 Å². The molecule has 1 aromatic rings. The average molecular weight is 217 g/mol. The van der Waals surface area contributed by atoms with Gasteiger partial charge < -0.3 is 10.6 Å². The van der Waals surface area contributed by atoms with Crippen molar-refractivity contribution in [2.75, 3.05) is 23.7 Å². The lowest BCUT2D eigenvalue weighted by molar-refractivity contribution is 0.341. The van der Waals surface area contributed by atoms with Crippen LogP contribution in [0.5, 0.6) is 0 Å². The molecular formula is C13H19N3. The van der Waals surface area contributed by atoms with Crippen LogP contribution in [0.3, 0.4) is 0 Å². The highest BCUT2D eigenvalue weighted by Gasteiger charge is 2.40. The van der Waals surface area contributed by atoms with E-state index in [9.17, 15) is 0 Å². The van der Waals surface area contributed by atoms with E-state index >= 15 is 0 Å². The minimum Gasteiger partial charge on any atom is -0.384 e. The zero-order chi connectivity index (χ0) is 11.0. The van der Waals surface area contributed by atoms with E-state index in [0.29, 0.717) is 11.2 Å². The van der Waals surface area contributed by atoms with Crippen molar-refractivity contribution in [3.63, 3.8) is 0 Å². The van der Waals surface area contributed by atoms with Gasteiger partial charge in [0.2, 0.25) is 0 Å². The van der Waals surface area contributed by atoms with E-state index in [-0.39, 0.29) is 0 Å². The molecule has 3 rings (SSSR count). The maximum atomic E-state index is 5.61. The van der Waals surface area contributed by atoms with E-state index in [4.69, 9.17) is 5.73 Å². The Morgan fingerprint density at radius 3 is 2.69 bits per heavy atom. The molecule has 0 bridgehead atoms. The second kappa shape index (κ2) is 3.65. The highest BCUT2D eigenvalue weighted by molar-refractivity contribution is 5.49. The summed E-state index contributed by atoms with van der Waals surface area (Å²) in [7, 11) is 0. The quantitative estimate of drug-likeness (QED) is 0.785. The van der Waals surface area contributed by atoms with Crippen LogP contribution in [0.25, 0.3) is 0 Å². The molecular weight excluding hydrogens is 198 g/mol. The average Bonchev–Trinajstić information content (AvgIpc) is 2.91. The van der Waals surface area contributed by atoms with E-state index in [0.717, 1.165) is 0 Å². The summed E-state index contributed by atoms with van der Waals surface area (Å²) >= 11 is 0. The van der Waals surface area contributed by atoms with Crippen molar-refractivity contribution in [1.29, 1.82) is 0 Å². The molecule has 1 spiro atoms. The normalized spacial score (nSPS) is 23.1. The predicted octanol–water partition coefficient (Wildman–Crippen LogP) is 2.43. The Morgan fingerprint density at radius 2 is 2.00 bits per heavy atom. The molecule has 1 saturated carbocycles. The zero-order valence-corrected chi connectivity index (χ0v) is 9.65. The number of anilines is 2. The molecule has 1 saturated heterocycles. The van der Waals surface area contributed by atoms with Gasteiger partial charge in [-0.2, -0.15) is 0 Å². The highest BCUT2D eigenvalue weighted by Crippen LogP contribution is 2.46. The molecule has 2 N–H and O–H groups in total. The van der Waals surface area contributed by atoms with Crippen molar-refractivity contribution in [2.45, 2.75) is 32.1 Å². The van der Waals surface area contributed by atoms with Crippen LogP contribution in [-0.4, -0.2) is 18.1 Å². The Hall–Kier alpha value is -1.25. The van der Waals surface area contributed by atoms with E-state index in [1.807, 2.05) is 12.3 Å².